The maximum absolute atomic E-state index is 11.8. The third-order valence-electron chi connectivity index (χ3n) is 4.31. The Morgan fingerprint density at radius 3 is 2.00 bits per heavy atom. The van der Waals surface area contributed by atoms with E-state index in [0.29, 0.717) is 6.42 Å². The monoisotopic (exact) mass is 317 g/mol. The zero-order valence-corrected chi connectivity index (χ0v) is 15.2. The molecular weight excluding hydrogens is 282 g/mol. The zero-order chi connectivity index (χ0) is 16.8. The van der Waals surface area contributed by atoms with Gasteiger partial charge in [0.15, 0.2) is 0 Å². The highest BCUT2D eigenvalue weighted by Crippen LogP contribution is 2.14. The van der Waals surface area contributed by atoms with E-state index >= 15 is 0 Å². The van der Waals surface area contributed by atoms with Crippen molar-refractivity contribution >= 4 is 11.6 Å². The molecule has 0 radical (unpaired) electrons. The fraction of sp³-hybridized carbons (Fsp3) is 0.667. The summed E-state index contributed by atoms with van der Waals surface area (Å²) in [5.41, 5.74) is 2.30. The molecule has 2 heteroatoms. The smallest absolute Gasteiger partial charge is 0.224 e. The van der Waals surface area contributed by atoms with Gasteiger partial charge in [-0.25, -0.2) is 0 Å². The average molecular weight is 318 g/mol. The Labute approximate surface area is 143 Å². The number of hydrogen-bond acceptors (Lipinski definition) is 1. The van der Waals surface area contributed by atoms with Crippen LogP contribution >= 0.6 is 0 Å². The van der Waals surface area contributed by atoms with Crippen LogP contribution < -0.4 is 5.32 Å². The molecule has 0 heterocycles. The molecule has 1 amide bonds. The highest BCUT2D eigenvalue weighted by atomic mass is 16.1. The van der Waals surface area contributed by atoms with Crippen molar-refractivity contribution in [2.45, 2.75) is 90.9 Å². The van der Waals surface area contributed by atoms with Crippen molar-refractivity contribution < 1.29 is 4.79 Å². The highest BCUT2D eigenvalue weighted by molar-refractivity contribution is 5.90. The molecule has 0 bridgehead atoms. The van der Waals surface area contributed by atoms with Gasteiger partial charge in [-0.05, 0) is 37.0 Å². The first-order valence-corrected chi connectivity index (χ1v) is 9.65. The summed E-state index contributed by atoms with van der Waals surface area (Å²) in [7, 11) is 0. The Kier molecular flexibility index (Phi) is 11.3. The van der Waals surface area contributed by atoms with Crippen molar-refractivity contribution in [3.05, 3.63) is 29.8 Å². The van der Waals surface area contributed by atoms with Crippen LogP contribution in [-0.4, -0.2) is 5.91 Å². The van der Waals surface area contributed by atoms with Crippen LogP contribution in [0.2, 0.25) is 0 Å². The predicted octanol–water partition coefficient (Wildman–Crippen LogP) is 6.50. The van der Waals surface area contributed by atoms with Crippen molar-refractivity contribution in [2.24, 2.45) is 0 Å². The van der Waals surface area contributed by atoms with Crippen LogP contribution in [0.15, 0.2) is 24.3 Å². The van der Waals surface area contributed by atoms with Crippen molar-refractivity contribution in [1.82, 2.24) is 0 Å². The lowest BCUT2D eigenvalue weighted by molar-refractivity contribution is -0.116. The number of carbonyl (C=O) groups excluding carboxylic acids is 1. The van der Waals surface area contributed by atoms with Crippen molar-refractivity contribution in [1.29, 1.82) is 0 Å². The lowest BCUT2D eigenvalue weighted by Gasteiger charge is -2.07. The molecule has 23 heavy (non-hydrogen) atoms. The molecule has 0 fully saturated rings. The van der Waals surface area contributed by atoms with Gasteiger partial charge >= 0.3 is 0 Å². The molecule has 0 spiro atoms. The van der Waals surface area contributed by atoms with Crippen molar-refractivity contribution in [2.75, 3.05) is 5.32 Å². The molecule has 0 aliphatic rings. The summed E-state index contributed by atoms with van der Waals surface area (Å²) >= 11 is 0. The third-order valence-corrected chi connectivity index (χ3v) is 4.31. The highest BCUT2D eigenvalue weighted by Gasteiger charge is 2.02. The number of aryl methyl sites for hydroxylation is 1. The Bertz CT molecular complexity index is 410. The van der Waals surface area contributed by atoms with E-state index in [1.165, 1.54) is 56.9 Å². The molecule has 1 aromatic rings. The van der Waals surface area contributed by atoms with Crippen LogP contribution in [0.1, 0.15) is 90.0 Å². The van der Waals surface area contributed by atoms with E-state index < -0.39 is 0 Å². The lowest BCUT2D eigenvalue weighted by Crippen LogP contribution is -2.10. The summed E-state index contributed by atoms with van der Waals surface area (Å²) < 4.78 is 0. The van der Waals surface area contributed by atoms with E-state index in [1.54, 1.807) is 0 Å². The molecule has 0 aromatic heterocycles. The second kappa shape index (κ2) is 13.2. The lowest BCUT2D eigenvalue weighted by atomic mass is 10.0. The summed E-state index contributed by atoms with van der Waals surface area (Å²) in [5, 5.41) is 3.00. The van der Waals surface area contributed by atoms with Gasteiger partial charge in [-0.3, -0.25) is 4.79 Å². The van der Waals surface area contributed by atoms with E-state index in [-0.39, 0.29) is 5.91 Å². The Morgan fingerprint density at radius 2 is 1.35 bits per heavy atom. The van der Waals surface area contributed by atoms with Gasteiger partial charge < -0.3 is 5.32 Å². The van der Waals surface area contributed by atoms with Crippen LogP contribution in [0.3, 0.4) is 0 Å². The minimum absolute atomic E-state index is 0.143. The van der Waals surface area contributed by atoms with E-state index in [2.05, 4.69) is 31.3 Å². The van der Waals surface area contributed by atoms with Gasteiger partial charge in [0.2, 0.25) is 5.91 Å². The van der Waals surface area contributed by atoms with Gasteiger partial charge in [-0.15, -0.1) is 0 Å². The Balaban J connectivity index is 2.18. The van der Waals surface area contributed by atoms with E-state index in [9.17, 15) is 4.79 Å². The quantitative estimate of drug-likeness (QED) is 0.413. The number of rotatable bonds is 13. The maximum atomic E-state index is 11.8. The topological polar surface area (TPSA) is 29.1 Å². The Morgan fingerprint density at radius 1 is 0.783 bits per heavy atom. The fourth-order valence-electron chi connectivity index (χ4n) is 2.80. The third kappa shape index (κ3) is 10.1. The molecule has 0 saturated heterocycles. The van der Waals surface area contributed by atoms with Gasteiger partial charge in [0.05, 0.1) is 0 Å². The Hall–Kier alpha value is -1.31. The number of nitrogens with one attached hydrogen (secondary N) is 1. The minimum Gasteiger partial charge on any atom is -0.326 e. The fourth-order valence-corrected chi connectivity index (χ4v) is 2.80. The molecule has 1 aromatic carbocycles. The predicted molar refractivity (Wildman–Crippen MR) is 101 cm³/mol. The molecule has 1 rings (SSSR count). The summed E-state index contributed by atoms with van der Waals surface area (Å²) in [6.45, 7) is 4.44. The van der Waals surface area contributed by atoms with Crippen LogP contribution in [0.4, 0.5) is 5.69 Å². The van der Waals surface area contributed by atoms with Crippen LogP contribution in [0.25, 0.3) is 0 Å². The van der Waals surface area contributed by atoms with Crippen LogP contribution in [0, 0.1) is 0 Å². The first-order valence-electron chi connectivity index (χ1n) is 9.65. The summed E-state index contributed by atoms with van der Waals surface area (Å²) in [4.78, 5) is 11.8. The molecule has 0 atom stereocenters. The molecule has 2 nitrogen and oxygen atoms in total. The van der Waals surface area contributed by atoms with Gasteiger partial charge in [0, 0.05) is 12.1 Å². The summed E-state index contributed by atoms with van der Waals surface area (Å²) in [6.07, 6.45) is 14.4. The van der Waals surface area contributed by atoms with Crippen LogP contribution in [0.5, 0.6) is 0 Å². The zero-order valence-electron chi connectivity index (χ0n) is 15.2. The SMILES string of the molecule is CCCCCCCCc1ccc(NC(=O)CCCCCC)cc1. The van der Waals surface area contributed by atoms with Gasteiger partial charge in [0.25, 0.3) is 0 Å². The van der Waals surface area contributed by atoms with E-state index in [1.807, 2.05) is 12.1 Å². The largest absolute Gasteiger partial charge is 0.326 e. The first kappa shape index (κ1) is 19.7. The van der Waals surface area contributed by atoms with Gasteiger partial charge in [-0.1, -0.05) is 77.3 Å². The van der Waals surface area contributed by atoms with Gasteiger partial charge in [-0.2, -0.15) is 0 Å². The van der Waals surface area contributed by atoms with Crippen molar-refractivity contribution in [3.63, 3.8) is 0 Å². The number of hydrogen-bond donors (Lipinski definition) is 1. The number of anilines is 1. The molecular formula is C21H35NO. The summed E-state index contributed by atoms with van der Waals surface area (Å²) in [6, 6.07) is 8.38. The molecule has 0 saturated carbocycles. The molecule has 130 valence electrons. The average Bonchev–Trinajstić information content (AvgIpc) is 2.56. The number of carbonyl (C=O) groups is 1. The number of amides is 1. The first-order chi connectivity index (χ1) is 11.3. The van der Waals surface area contributed by atoms with Gasteiger partial charge in [0.1, 0.15) is 0 Å². The van der Waals surface area contributed by atoms with E-state index in [4.69, 9.17) is 0 Å². The molecule has 0 aliphatic heterocycles. The van der Waals surface area contributed by atoms with E-state index in [0.717, 1.165) is 24.9 Å². The standard InChI is InChI=1S/C21H35NO/c1-3-5-7-9-10-11-13-19-15-17-20(18-16-19)22-21(23)14-12-8-6-4-2/h15-18H,3-14H2,1-2H3,(H,22,23). The maximum Gasteiger partial charge on any atom is 0.224 e. The number of benzene rings is 1. The molecule has 0 unspecified atom stereocenters. The second-order valence-electron chi connectivity index (χ2n) is 6.57. The summed E-state index contributed by atoms with van der Waals surface area (Å²) in [5.74, 6) is 0.143. The molecule has 1 N–H and O–H groups in total. The number of unbranched alkanes of at least 4 members (excludes halogenated alkanes) is 8. The normalized spacial score (nSPS) is 10.7. The minimum atomic E-state index is 0.143. The van der Waals surface area contributed by atoms with Crippen molar-refractivity contribution in [3.8, 4) is 0 Å². The van der Waals surface area contributed by atoms with Crippen LogP contribution in [-0.2, 0) is 11.2 Å². The second-order valence-corrected chi connectivity index (χ2v) is 6.57. The molecule has 0 aliphatic carbocycles.